The van der Waals surface area contributed by atoms with Crippen molar-refractivity contribution in [2.45, 2.75) is 75.6 Å². The summed E-state index contributed by atoms with van der Waals surface area (Å²) in [7, 11) is 0. The molecule has 0 spiro atoms. The van der Waals surface area contributed by atoms with E-state index in [2.05, 4.69) is 20.2 Å². The van der Waals surface area contributed by atoms with E-state index in [4.69, 9.17) is 0 Å². The predicted molar refractivity (Wildman–Crippen MR) is 135 cm³/mol. The van der Waals surface area contributed by atoms with Crippen molar-refractivity contribution < 1.29 is 14.4 Å². The van der Waals surface area contributed by atoms with Gasteiger partial charge in [-0.05, 0) is 39.5 Å². The van der Waals surface area contributed by atoms with Crippen molar-refractivity contribution in [1.82, 2.24) is 19.8 Å². The van der Waals surface area contributed by atoms with Crippen molar-refractivity contribution >= 4 is 46.0 Å². The summed E-state index contributed by atoms with van der Waals surface area (Å²) in [6.45, 7) is 7.81. The fraction of sp³-hybridized carbons (Fsp3) is 0.542. The lowest BCUT2D eigenvalue weighted by Crippen LogP contribution is -2.57. The van der Waals surface area contributed by atoms with Crippen LogP contribution >= 0.6 is 23.3 Å². The van der Waals surface area contributed by atoms with Gasteiger partial charge in [0.2, 0.25) is 17.7 Å². The molecule has 2 aliphatic rings. The quantitative estimate of drug-likeness (QED) is 0.622. The SMILES string of the molecule is CC[C@@H](C)C(=O)NC1CCC[C@@H]2SC(C)(C)[C@@H](C(=O)Nc3snnc3-c3ccccc3)N2C1=O. The first kappa shape index (κ1) is 24.7. The zero-order valence-electron chi connectivity index (χ0n) is 19.9. The van der Waals surface area contributed by atoms with Crippen LogP contribution in [0.15, 0.2) is 30.3 Å². The molecule has 0 radical (unpaired) electrons. The molecule has 4 atom stereocenters. The monoisotopic (exact) mass is 501 g/mol. The third-order valence-electron chi connectivity index (χ3n) is 6.58. The minimum atomic E-state index is -0.679. The highest BCUT2D eigenvalue weighted by molar-refractivity contribution is 8.01. The van der Waals surface area contributed by atoms with Crippen molar-refractivity contribution in [3.63, 3.8) is 0 Å². The minimum absolute atomic E-state index is 0.100. The van der Waals surface area contributed by atoms with Crippen molar-refractivity contribution in [3.05, 3.63) is 30.3 Å². The fourth-order valence-electron chi connectivity index (χ4n) is 4.55. The maximum absolute atomic E-state index is 13.7. The van der Waals surface area contributed by atoms with Crippen LogP contribution in [0.25, 0.3) is 11.3 Å². The maximum Gasteiger partial charge on any atom is 0.249 e. The molecular weight excluding hydrogens is 470 g/mol. The first-order chi connectivity index (χ1) is 16.2. The molecule has 0 aliphatic carbocycles. The van der Waals surface area contributed by atoms with Crippen LogP contribution in [0.4, 0.5) is 5.00 Å². The molecule has 3 amide bonds. The van der Waals surface area contributed by atoms with E-state index in [1.54, 1.807) is 16.7 Å². The number of fused-ring (bicyclic) bond motifs is 1. The van der Waals surface area contributed by atoms with Crippen LogP contribution < -0.4 is 10.6 Å². The van der Waals surface area contributed by atoms with Crippen LogP contribution in [0.3, 0.4) is 0 Å². The molecular formula is C24H31N5O3S2. The first-order valence-electron chi connectivity index (χ1n) is 11.7. The van der Waals surface area contributed by atoms with Gasteiger partial charge in [0.15, 0.2) is 0 Å². The lowest BCUT2D eigenvalue weighted by Gasteiger charge is -2.33. The van der Waals surface area contributed by atoms with Gasteiger partial charge in [-0.1, -0.05) is 48.7 Å². The molecule has 1 aromatic heterocycles. The fourth-order valence-corrected chi connectivity index (χ4v) is 6.82. The third-order valence-corrected chi connectivity index (χ3v) is 8.79. The molecule has 2 fully saturated rings. The van der Waals surface area contributed by atoms with Gasteiger partial charge >= 0.3 is 0 Å². The summed E-state index contributed by atoms with van der Waals surface area (Å²) in [6.07, 6.45) is 2.89. The Balaban J connectivity index is 1.58. The van der Waals surface area contributed by atoms with E-state index < -0.39 is 16.8 Å². The summed E-state index contributed by atoms with van der Waals surface area (Å²) in [6, 6.07) is 8.28. The summed E-state index contributed by atoms with van der Waals surface area (Å²) >= 11 is 2.77. The van der Waals surface area contributed by atoms with E-state index in [0.29, 0.717) is 23.5 Å². The standard InChI is InChI=1S/C24H31N5O3S2/c1-5-14(2)20(30)25-16-12-9-13-17-29(23(16)32)19(24(3,4)33-17)21(31)26-22-18(27-28-34-22)15-10-7-6-8-11-15/h6-8,10-11,14,16-17,19H,5,9,12-13H2,1-4H3,(H,25,30)(H,26,31)/t14-,16?,17+,19-/m1/s1. The van der Waals surface area contributed by atoms with Gasteiger partial charge in [0.1, 0.15) is 22.8 Å². The van der Waals surface area contributed by atoms with Crippen molar-refractivity contribution in [3.8, 4) is 11.3 Å². The number of nitrogens with zero attached hydrogens (tertiary/aromatic N) is 3. The second-order valence-electron chi connectivity index (χ2n) is 9.43. The normalized spacial score (nSPS) is 24.8. The molecule has 1 unspecified atom stereocenters. The number of carbonyl (C=O) groups is 3. The van der Waals surface area contributed by atoms with Gasteiger partial charge in [0, 0.05) is 27.8 Å². The number of hydrogen-bond donors (Lipinski definition) is 2. The number of nitrogens with one attached hydrogen (secondary N) is 2. The first-order valence-corrected chi connectivity index (χ1v) is 13.4. The molecule has 8 nitrogen and oxygen atoms in total. The van der Waals surface area contributed by atoms with Crippen molar-refractivity contribution in [1.29, 1.82) is 0 Å². The van der Waals surface area contributed by atoms with Gasteiger partial charge in [0.05, 0.1) is 5.37 Å². The van der Waals surface area contributed by atoms with E-state index in [0.717, 1.165) is 29.9 Å². The number of amides is 3. The largest absolute Gasteiger partial charge is 0.344 e. The van der Waals surface area contributed by atoms with Crippen molar-refractivity contribution in [2.75, 3.05) is 5.32 Å². The predicted octanol–water partition coefficient (Wildman–Crippen LogP) is 3.91. The number of carbonyl (C=O) groups excluding carboxylic acids is 3. The molecule has 182 valence electrons. The molecule has 0 saturated carbocycles. The summed E-state index contributed by atoms with van der Waals surface area (Å²) in [4.78, 5) is 41.6. The average Bonchev–Trinajstić information content (AvgIpc) is 3.34. The zero-order valence-corrected chi connectivity index (χ0v) is 21.5. The molecule has 2 aromatic rings. The number of hydrogen-bond acceptors (Lipinski definition) is 7. The van der Waals surface area contributed by atoms with Gasteiger partial charge in [0.25, 0.3) is 0 Å². The summed E-state index contributed by atoms with van der Waals surface area (Å²) in [5.41, 5.74) is 1.47. The van der Waals surface area contributed by atoms with Gasteiger partial charge in [-0.2, -0.15) is 0 Å². The van der Waals surface area contributed by atoms with Crippen LogP contribution in [0, 0.1) is 5.92 Å². The molecule has 0 bridgehead atoms. The van der Waals surface area contributed by atoms with Crippen LogP contribution in [-0.2, 0) is 14.4 Å². The summed E-state index contributed by atoms with van der Waals surface area (Å²) in [5, 5.41) is 10.6. The summed E-state index contributed by atoms with van der Waals surface area (Å²) in [5.74, 6) is -0.714. The molecule has 2 N–H and O–H groups in total. The molecule has 4 rings (SSSR count). The lowest BCUT2D eigenvalue weighted by molar-refractivity contribution is -0.142. The Bertz CT molecular complexity index is 1060. The van der Waals surface area contributed by atoms with Crippen LogP contribution in [-0.4, -0.2) is 54.4 Å². The molecule has 3 heterocycles. The Hall–Kier alpha value is -2.46. The van der Waals surface area contributed by atoms with Gasteiger partial charge in [-0.25, -0.2) is 0 Å². The number of anilines is 1. The Labute approximate surface area is 208 Å². The molecule has 34 heavy (non-hydrogen) atoms. The van der Waals surface area contributed by atoms with E-state index in [1.807, 2.05) is 58.0 Å². The van der Waals surface area contributed by atoms with E-state index in [1.165, 1.54) is 0 Å². The average molecular weight is 502 g/mol. The molecule has 10 heteroatoms. The second-order valence-corrected chi connectivity index (χ2v) is 12.0. The van der Waals surface area contributed by atoms with E-state index in [-0.39, 0.29) is 29.0 Å². The lowest BCUT2D eigenvalue weighted by atomic mass is 9.99. The number of benzene rings is 1. The highest BCUT2D eigenvalue weighted by Gasteiger charge is 2.54. The zero-order chi connectivity index (χ0) is 24.5. The van der Waals surface area contributed by atoms with Gasteiger partial charge in [-0.15, -0.1) is 16.9 Å². The highest BCUT2D eigenvalue weighted by Crippen LogP contribution is 2.48. The van der Waals surface area contributed by atoms with Crippen LogP contribution in [0.2, 0.25) is 0 Å². The second kappa shape index (κ2) is 10.0. The van der Waals surface area contributed by atoms with E-state index >= 15 is 0 Å². The minimum Gasteiger partial charge on any atom is -0.344 e. The topological polar surface area (TPSA) is 104 Å². The van der Waals surface area contributed by atoms with Crippen molar-refractivity contribution in [2.24, 2.45) is 5.92 Å². The molecule has 2 aliphatic heterocycles. The Morgan fingerprint density at radius 1 is 1.24 bits per heavy atom. The number of aromatic nitrogens is 2. The Morgan fingerprint density at radius 2 is 1.97 bits per heavy atom. The molecule has 2 saturated heterocycles. The highest BCUT2D eigenvalue weighted by atomic mass is 32.2. The number of thioether (sulfide) groups is 1. The van der Waals surface area contributed by atoms with Gasteiger partial charge in [-0.3, -0.25) is 14.4 Å². The third kappa shape index (κ3) is 4.84. The maximum atomic E-state index is 13.7. The van der Waals surface area contributed by atoms with E-state index in [9.17, 15) is 14.4 Å². The Morgan fingerprint density at radius 3 is 2.68 bits per heavy atom. The van der Waals surface area contributed by atoms with Crippen LogP contribution in [0.5, 0.6) is 0 Å². The Kier molecular flexibility index (Phi) is 7.28. The molecule has 1 aromatic carbocycles. The van der Waals surface area contributed by atoms with Crippen LogP contribution in [0.1, 0.15) is 53.4 Å². The smallest absolute Gasteiger partial charge is 0.249 e. The van der Waals surface area contributed by atoms with Gasteiger partial charge < -0.3 is 15.5 Å². The number of rotatable bonds is 6. The summed E-state index contributed by atoms with van der Waals surface area (Å²) < 4.78 is 3.55.